The number of aromatic nitrogens is 2. The number of thiophene rings is 2. The van der Waals surface area contributed by atoms with Crippen LogP contribution >= 0.6 is 38.6 Å². The lowest BCUT2D eigenvalue weighted by Gasteiger charge is -2.17. The maximum atomic E-state index is 5.82. The lowest BCUT2D eigenvalue weighted by atomic mass is 10.2. The van der Waals surface area contributed by atoms with Crippen LogP contribution in [0.25, 0.3) is 9.40 Å². The number of methoxy groups -OCH3 is 1. The molecule has 1 unspecified atom stereocenters. The first-order valence-electron chi connectivity index (χ1n) is 6.37. The van der Waals surface area contributed by atoms with Crippen molar-refractivity contribution in [2.45, 2.75) is 12.6 Å². The second-order valence-electron chi connectivity index (χ2n) is 4.49. The molecule has 0 saturated carbocycles. The Balaban J connectivity index is 1.99. The van der Waals surface area contributed by atoms with Crippen molar-refractivity contribution in [3.8, 4) is 0 Å². The van der Waals surface area contributed by atoms with Crippen LogP contribution in [0.2, 0.25) is 0 Å². The van der Waals surface area contributed by atoms with Gasteiger partial charge in [-0.15, -0.1) is 22.7 Å². The van der Waals surface area contributed by atoms with Crippen LogP contribution < -0.4 is 11.3 Å². The van der Waals surface area contributed by atoms with Gasteiger partial charge in [-0.3, -0.25) is 10.5 Å². The van der Waals surface area contributed by atoms with Gasteiger partial charge in [-0.2, -0.15) is 5.10 Å². The average molecular weight is 387 g/mol. The minimum Gasteiger partial charge on any atom is -0.383 e. The number of nitrogens with zero attached hydrogens (tertiary/aromatic N) is 2. The molecular weight excluding hydrogens is 372 g/mol. The zero-order valence-electron chi connectivity index (χ0n) is 11.4. The first kappa shape index (κ1) is 15.1. The normalized spacial score (nSPS) is 13.1. The fraction of sp³-hybridized carbons (Fsp3) is 0.308. The van der Waals surface area contributed by atoms with Crippen molar-refractivity contribution in [1.29, 1.82) is 0 Å². The zero-order chi connectivity index (χ0) is 14.8. The molecule has 112 valence electrons. The molecule has 0 aliphatic heterocycles. The Hall–Kier alpha value is -0.770. The first-order chi connectivity index (χ1) is 10.2. The molecular formula is C13H15BrN4OS2. The first-order valence-corrected chi connectivity index (χ1v) is 8.86. The summed E-state index contributed by atoms with van der Waals surface area (Å²) in [7, 11) is 1.68. The van der Waals surface area contributed by atoms with Crippen molar-refractivity contribution in [3.63, 3.8) is 0 Å². The van der Waals surface area contributed by atoms with E-state index >= 15 is 0 Å². The van der Waals surface area contributed by atoms with Crippen LogP contribution in [0.3, 0.4) is 0 Å². The highest BCUT2D eigenvalue weighted by molar-refractivity contribution is 9.10. The maximum absolute atomic E-state index is 5.82. The number of rotatable bonds is 6. The Labute approximate surface area is 138 Å². The Morgan fingerprint density at radius 1 is 1.52 bits per heavy atom. The predicted molar refractivity (Wildman–Crippen MR) is 90.7 cm³/mol. The molecule has 0 fully saturated rings. The van der Waals surface area contributed by atoms with Crippen molar-refractivity contribution < 1.29 is 4.74 Å². The number of nitrogens with two attached hydrogens (primary N) is 1. The minimum absolute atomic E-state index is 0.0941. The van der Waals surface area contributed by atoms with E-state index in [1.54, 1.807) is 36.0 Å². The molecule has 3 heterocycles. The molecule has 0 amide bonds. The van der Waals surface area contributed by atoms with Crippen LogP contribution in [-0.4, -0.2) is 23.5 Å². The zero-order valence-corrected chi connectivity index (χ0v) is 14.6. The van der Waals surface area contributed by atoms with Gasteiger partial charge in [0.05, 0.1) is 35.6 Å². The second-order valence-corrected chi connectivity index (χ2v) is 7.41. The van der Waals surface area contributed by atoms with Crippen molar-refractivity contribution >= 4 is 48.0 Å². The Morgan fingerprint density at radius 3 is 3.10 bits per heavy atom. The third-order valence-corrected chi connectivity index (χ3v) is 5.99. The second kappa shape index (κ2) is 6.55. The summed E-state index contributed by atoms with van der Waals surface area (Å²) in [6.45, 7) is 1.30. The van der Waals surface area contributed by atoms with Gasteiger partial charge in [-0.25, -0.2) is 5.43 Å². The van der Waals surface area contributed by atoms with Gasteiger partial charge in [0.1, 0.15) is 0 Å². The molecule has 0 aromatic carbocycles. The number of nitrogens with one attached hydrogen (secondary N) is 1. The van der Waals surface area contributed by atoms with Crippen LogP contribution in [0.5, 0.6) is 0 Å². The summed E-state index contributed by atoms with van der Waals surface area (Å²) in [5, 5.41) is 6.50. The van der Waals surface area contributed by atoms with Gasteiger partial charge in [-0.1, -0.05) is 0 Å². The molecule has 1 atom stereocenters. The topological polar surface area (TPSA) is 65.1 Å². The molecule has 0 aliphatic rings. The summed E-state index contributed by atoms with van der Waals surface area (Å²) in [6.07, 6.45) is 1.80. The van der Waals surface area contributed by atoms with Crippen molar-refractivity contribution in [2.75, 3.05) is 13.7 Å². The molecule has 0 spiro atoms. The molecule has 5 nitrogen and oxygen atoms in total. The van der Waals surface area contributed by atoms with Crippen LogP contribution in [0, 0.1) is 0 Å². The van der Waals surface area contributed by atoms with E-state index in [-0.39, 0.29) is 6.04 Å². The third-order valence-electron chi connectivity index (χ3n) is 3.22. The number of hydrogen-bond acceptors (Lipinski definition) is 6. The molecule has 3 N–H and O–H groups in total. The van der Waals surface area contributed by atoms with Crippen molar-refractivity contribution in [1.82, 2.24) is 15.2 Å². The monoisotopic (exact) mass is 386 g/mol. The molecule has 3 aromatic heterocycles. The Morgan fingerprint density at radius 2 is 2.38 bits per heavy atom. The maximum Gasteiger partial charge on any atom is 0.0982 e. The van der Waals surface area contributed by atoms with E-state index in [1.165, 1.54) is 14.3 Å². The summed E-state index contributed by atoms with van der Waals surface area (Å²) in [5.41, 5.74) is 3.93. The molecule has 8 heteroatoms. The van der Waals surface area contributed by atoms with E-state index in [1.807, 2.05) is 4.68 Å². The number of fused-ring (bicyclic) bond motifs is 1. The largest absolute Gasteiger partial charge is 0.383 e. The van der Waals surface area contributed by atoms with Gasteiger partial charge >= 0.3 is 0 Å². The van der Waals surface area contributed by atoms with Gasteiger partial charge in [-0.05, 0) is 33.4 Å². The molecule has 0 bridgehead atoms. The standard InChI is InChI=1S/C13H15BrN4OS2/c1-19-4-3-18-13(8(14)7-16-18)12(17-15)11-6-10-9(21-11)2-5-20-10/h2,5-7,12,17H,3-4,15H2,1H3. The Kier molecular flexibility index (Phi) is 4.72. The van der Waals surface area contributed by atoms with Crippen LogP contribution in [0.4, 0.5) is 0 Å². The molecule has 0 aliphatic carbocycles. The van der Waals surface area contributed by atoms with Crippen molar-refractivity contribution in [3.05, 3.63) is 38.8 Å². The lowest BCUT2D eigenvalue weighted by Crippen LogP contribution is -2.30. The smallest absolute Gasteiger partial charge is 0.0982 e. The number of hydrazine groups is 1. The highest BCUT2D eigenvalue weighted by Crippen LogP contribution is 2.37. The third kappa shape index (κ3) is 2.92. The van der Waals surface area contributed by atoms with Gasteiger partial charge in [0, 0.05) is 21.4 Å². The molecule has 3 rings (SSSR count). The SMILES string of the molecule is COCCn1ncc(Br)c1C(NN)c1cc2sccc2s1. The highest BCUT2D eigenvalue weighted by Gasteiger charge is 2.23. The summed E-state index contributed by atoms with van der Waals surface area (Å²) in [5.74, 6) is 5.82. The number of hydrogen-bond donors (Lipinski definition) is 2. The van der Waals surface area contributed by atoms with Crippen LogP contribution in [0.1, 0.15) is 16.6 Å². The van der Waals surface area contributed by atoms with E-state index in [0.717, 1.165) is 10.2 Å². The van der Waals surface area contributed by atoms with Gasteiger partial charge < -0.3 is 4.74 Å². The van der Waals surface area contributed by atoms with E-state index in [4.69, 9.17) is 10.6 Å². The summed E-state index contributed by atoms with van der Waals surface area (Å²) in [4.78, 5) is 1.18. The quantitative estimate of drug-likeness (QED) is 0.504. The van der Waals surface area contributed by atoms with E-state index in [0.29, 0.717) is 13.2 Å². The summed E-state index contributed by atoms with van der Waals surface area (Å²) < 4.78 is 10.6. The van der Waals surface area contributed by atoms with Crippen LogP contribution in [0.15, 0.2) is 28.2 Å². The van der Waals surface area contributed by atoms with Crippen molar-refractivity contribution in [2.24, 2.45) is 5.84 Å². The predicted octanol–water partition coefficient (Wildman–Crippen LogP) is 3.12. The molecule has 0 saturated heterocycles. The van der Waals surface area contributed by atoms with Gasteiger partial charge in [0.15, 0.2) is 0 Å². The summed E-state index contributed by atoms with van der Waals surface area (Å²) >= 11 is 7.06. The fourth-order valence-electron chi connectivity index (χ4n) is 2.24. The Bertz CT molecular complexity index is 707. The van der Waals surface area contributed by atoms with E-state index in [2.05, 4.69) is 44.0 Å². The van der Waals surface area contributed by atoms with E-state index < -0.39 is 0 Å². The number of ether oxygens (including phenoxy) is 1. The lowest BCUT2D eigenvalue weighted by molar-refractivity contribution is 0.182. The molecule has 0 radical (unpaired) electrons. The summed E-state index contributed by atoms with van der Waals surface area (Å²) in [6, 6.07) is 4.23. The molecule has 21 heavy (non-hydrogen) atoms. The van der Waals surface area contributed by atoms with Crippen LogP contribution in [-0.2, 0) is 11.3 Å². The van der Waals surface area contributed by atoms with Gasteiger partial charge in [0.2, 0.25) is 0 Å². The van der Waals surface area contributed by atoms with Gasteiger partial charge in [0.25, 0.3) is 0 Å². The number of halogens is 1. The van der Waals surface area contributed by atoms with E-state index in [9.17, 15) is 0 Å². The highest BCUT2D eigenvalue weighted by atomic mass is 79.9. The average Bonchev–Trinajstić information content (AvgIpc) is 3.14. The fourth-order valence-corrected chi connectivity index (χ4v) is 4.95. The minimum atomic E-state index is -0.0941. The molecule has 3 aromatic rings.